The predicted octanol–water partition coefficient (Wildman–Crippen LogP) is 0.770. The molecule has 0 atom stereocenters. The quantitative estimate of drug-likeness (QED) is 0.693. The lowest BCUT2D eigenvalue weighted by Gasteiger charge is -2.03. The van der Waals surface area contributed by atoms with Crippen LogP contribution in [0.1, 0.15) is 5.82 Å². The van der Waals surface area contributed by atoms with Gasteiger partial charge in [0.25, 0.3) is 0 Å². The van der Waals surface area contributed by atoms with E-state index < -0.39 is 0 Å². The molecule has 2 aromatic heterocycles. The van der Waals surface area contributed by atoms with Crippen molar-refractivity contribution in [3.05, 3.63) is 18.3 Å². The van der Waals surface area contributed by atoms with Gasteiger partial charge >= 0.3 is 0 Å². The fourth-order valence-corrected chi connectivity index (χ4v) is 1.17. The van der Waals surface area contributed by atoms with Gasteiger partial charge in [0.1, 0.15) is 23.2 Å². The molecular formula is C8H9N5. The van der Waals surface area contributed by atoms with Crippen LogP contribution in [0.2, 0.25) is 0 Å². The molecule has 0 aliphatic rings. The van der Waals surface area contributed by atoms with Crippen LogP contribution in [-0.2, 0) is 0 Å². The zero-order chi connectivity index (χ0) is 9.26. The summed E-state index contributed by atoms with van der Waals surface area (Å²) in [6.07, 6.45) is 3.17. The Kier molecular flexibility index (Phi) is 1.77. The van der Waals surface area contributed by atoms with E-state index in [1.807, 2.05) is 14.0 Å². The van der Waals surface area contributed by atoms with Crippen LogP contribution in [0, 0.1) is 6.92 Å². The summed E-state index contributed by atoms with van der Waals surface area (Å²) in [6, 6.07) is 0. The maximum absolute atomic E-state index is 4.21. The molecule has 1 N–H and O–H groups in total. The first kappa shape index (κ1) is 7.85. The van der Waals surface area contributed by atoms with Crippen LogP contribution in [0.15, 0.2) is 12.5 Å². The molecular weight excluding hydrogens is 166 g/mol. The lowest BCUT2D eigenvalue weighted by atomic mass is 10.4. The Morgan fingerprint density at radius 3 is 2.92 bits per heavy atom. The molecule has 0 saturated carbocycles. The van der Waals surface area contributed by atoms with Crippen LogP contribution in [0.25, 0.3) is 11.0 Å². The summed E-state index contributed by atoms with van der Waals surface area (Å²) in [5.41, 5.74) is 1.52. The molecule has 0 radical (unpaired) electrons. The van der Waals surface area contributed by atoms with Crippen LogP contribution in [0.5, 0.6) is 0 Å². The molecule has 0 fully saturated rings. The average Bonchev–Trinajstić information content (AvgIpc) is 2.16. The summed E-state index contributed by atoms with van der Waals surface area (Å²) < 4.78 is 0. The predicted molar refractivity (Wildman–Crippen MR) is 49.4 cm³/mol. The van der Waals surface area contributed by atoms with Crippen molar-refractivity contribution in [2.45, 2.75) is 6.92 Å². The van der Waals surface area contributed by atoms with Gasteiger partial charge in [0.15, 0.2) is 5.82 Å². The van der Waals surface area contributed by atoms with Gasteiger partial charge in [0.05, 0.1) is 6.20 Å². The van der Waals surface area contributed by atoms with Gasteiger partial charge in [-0.1, -0.05) is 0 Å². The summed E-state index contributed by atoms with van der Waals surface area (Å²) >= 11 is 0. The first-order valence-electron chi connectivity index (χ1n) is 3.93. The number of nitrogens with one attached hydrogen (secondary N) is 1. The molecule has 5 heteroatoms. The van der Waals surface area contributed by atoms with Crippen molar-refractivity contribution in [1.29, 1.82) is 0 Å². The number of hydrogen-bond donors (Lipinski definition) is 1. The second-order valence-corrected chi connectivity index (χ2v) is 2.63. The van der Waals surface area contributed by atoms with Crippen LogP contribution in [-0.4, -0.2) is 27.0 Å². The second-order valence-electron chi connectivity index (χ2n) is 2.63. The molecule has 13 heavy (non-hydrogen) atoms. The van der Waals surface area contributed by atoms with Gasteiger partial charge in [-0.05, 0) is 6.92 Å². The summed E-state index contributed by atoms with van der Waals surface area (Å²) in [5.74, 6) is 1.46. The van der Waals surface area contributed by atoms with E-state index in [1.165, 1.54) is 6.33 Å². The van der Waals surface area contributed by atoms with Crippen molar-refractivity contribution in [3.63, 3.8) is 0 Å². The number of nitrogens with zero attached hydrogens (tertiary/aromatic N) is 4. The van der Waals surface area contributed by atoms with Crippen LogP contribution >= 0.6 is 0 Å². The number of fused-ring (bicyclic) bond motifs is 1. The number of anilines is 1. The first-order valence-corrected chi connectivity index (χ1v) is 3.93. The number of rotatable bonds is 1. The topological polar surface area (TPSA) is 63.6 Å². The molecule has 2 rings (SSSR count). The molecule has 0 amide bonds. The maximum Gasteiger partial charge on any atom is 0.156 e. The monoisotopic (exact) mass is 175 g/mol. The molecule has 0 saturated heterocycles. The Morgan fingerprint density at radius 1 is 1.31 bits per heavy atom. The van der Waals surface area contributed by atoms with Gasteiger partial charge < -0.3 is 5.32 Å². The van der Waals surface area contributed by atoms with E-state index in [9.17, 15) is 0 Å². The highest BCUT2D eigenvalue weighted by molar-refractivity contribution is 5.83. The van der Waals surface area contributed by atoms with Crippen molar-refractivity contribution in [2.24, 2.45) is 0 Å². The minimum atomic E-state index is 0.714. The van der Waals surface area contributed by atoms with Crippen molar-refractivity contribution >= 4 is 16.9 Å². The van der Waals surface area contributed by atoms with E-state index in [2.05, 4.69) is 25.3 Å². The van der Waals surface area contributed by atoms with Gasteiger partial charge in [-0.25, -0.2) is 19.9 Å². The van der Waals surface area contributed by atoms with Gasteiger partial charge in [0.2, 0.25) is 0 Å². The summed E-state index contributed by atoms with van der Waals surface area (Å²) in [7, 11) is 1.81. The minimum absolute atomic E-state index is 0.714. The Morgan fingerprint density at radius 2 is 2.15 bits per heavy atom. The third-order valence-electron chi connectivity index (χ3n) is 1.71. The van der Waals surface area contributed by atoms with Gasteiger partial charge in [-0.2, -0.15) is 0 Å². The molecule has 0 unspecified atom stereocenters. The molecule has 66 valence electrons. The smallest absolute Gasteiger partial charge is 0.156 e. The number of aromatic nitrogens is 4. The third kappa shape index (κ3) is 1.28. The fourth-order valence-electron chi connectivity index (χ4n) is 1.17. The molecule has 5 nitrogen and oxygen atoms in total. The highest BCUT2D eigenvalue weighted by Crippen LogP contribution is 2.15. The molecule has 2 heterocycles. The maximum atomic E-state index is 4.21. The van der Waals surface area contributed by atoms with Gasteiger partial charge in [-0.3, -0.25) is 0 Å². The summed E-state index contributed by atoms with van der Waals surface area (Å²) in [4.78, 5) is 16.4. The lowest BCUT2D eigenvalue weighted by molar-refractivity contribution is 1.06. The van der Waals surface area contributed by atoms with E-state index in [4.69, 9.17) is 0 Å². The molecule has 0 aromatic carbocycles. The van der Waals surface area contributed by atoms with Crippen LogP contribution in [0.3, 0.4) is 0 Å². The van der Waals surface area contributed by atoms with E-state index >= 15 is 0 Å². The van der Waals surface area contributed by atoms with Gasteiger partial charge in [-0.15, -0.1) is 0 Å². The lowest BCUT2D eigenvalue weighted by Crippen LogP contribution is -1.99. The van der Waals surface area contributed by atoms with Crippen molar-refractivity contribution in [2.75, 3.05) is 12.4 Å². The van der Waals surface area contributed by atoms with E-state index in [-0.39, 0.29) is 0 Å². The SMILES string of the molecule is CNc1nc(C)nc2cncnc12. The largest absolute Gasteiger partial charge is 0.371 e. The standard InChI is InChI=1S/C8H9N5/c1-5-12-6-3-10-4-11-7(6)8(9-2)13-5/h3-4H,1-2H3,(H,9,12,13). The summed E-state index contributed by atoms with van der Waals surface area (Å²) in [6.45, 7) is 1.84. The Bertz CT molecular complexity index is 439. The Balaban J connectivity index is 2.81. The van der Waals surface area contributed by atoms with E-state index in [0.717, 1.165) is 16.9 Å². The minimum Gasteiger partial charge on any atom is -0.371 e. The molecule has 2 aromatic rings. The van der Waals surface area contributed by atoms with Crippen molar-refractivity contribution in [3.8, 4) is 0 Å². The van der Waals surface area contributed by atoms with E-state index in [0.29, 0.717) is 5.82 Å². The molecule has 0 bridgehead atoms. The van der Waals surface area contributed by atoms with Crippen LogP contribution < -0.4 is 5.32 Å². The normalized spacial score (nSPS) is 10.3. The van der Waals surface area contributed by atoms with Crippen molar-refractivity contribution < 1.29 is 0 Å². The van der Waals surface area contributed by atoms with Crippen molar-refractivity contribution in [1.82, 2.24) is 19.9 Å². The first-order chi connectivity index (χ1) is 6.31. The van der Waals surface area contributed by atoms with Crippen LogP contribution in [0.4, 0.5) is 5.82 Å². The zero-order valence-corrected chi connectivity index (χ0v) is 7.44. The molecule has 0 aliphatic carbocycles. The highest BCUT2D eigenvalue weighted by atomic mass is 15.0. The molecule has 0 spiro atoms. The molecule has 0 aliphatic heterocycles. The number of aryl methyl sites for hydroxylation is 1. The highest BCUT2D eigenvalue weighted by Gasteiger charge is 2.03. The fraction of sp³-hybridized carbons (Fsp3) is 0.250. The van der Waals surface area contributed by atoms with E-state index in [1.54, 1.807) is 6.20 Å². The average molecular weight is 175 g/mol. The van der Waals surface area contributed by atoms with Gasteiger partial charge in [0, 0.05) is 7.05 Å². The summed E-state index contributed by atoms with van der Waals surface area (Å²) in [5, 5.41) is 2.97. The Hall–Kier alpha value is -1.78. The zero-order valence-electron chi connectivity index (χ0n) is 7.44. The Labute approximate surface area is 75.3 Å². The second kappa shape index (κ2) is 2.93. The number of hydrogen-bond acceptors (Lipinski definition) is 5. The third-order valence-corrected chi connectivity index (χ3v) is 1.71.